The van der Waals surface area contributed by atoms with Crippen molar-refractivity contribution < 1.29 is 19.1 Å². The number of carbonyl (C=O) groups is 2. The Labute approximate surface area is 187 Å². The van der Waals surface area contributed by atoms with Gasteiger partial charge in [0.05, 0.1) is 25.5 Å². The molecule has 0 saturated carbocycles. The number of rotatable bonds is 6. The summed E-state index contributed by atoms with van der Waals surface area (Å²) >= 11 is 0. The molecule has 0 aliphatic carbocycles. The van der Waals surface area contributed by atoms with E-state index in [1.807, 2.05) is 44.2 Å². The van der Waals surface area contributed by atoms with Gasteiger partial charge < -0.3 is 14.8 Å². The number of methoxy groups -OCH3 is 2. The number of anilines is 2. The van der Waals surface area contributed by atoms with Gasteiger partial charge in [0.2, 0.25) is 0 Å². The summed E-state index contributed by atoms with van der Waals surface area (Å²) in [6, 6.07) is 19.9. The minimum Gasteiger partial charge on any atom is -0.497 e. The van der Waals surface area contributed by atoms with Gasteiger partial charge >= 0.3 is 0 Å². The Morgan fingerprint density at radius 1 is 0.812 bits per heavy atom. The van der Waals surface area contributed by atoms with Crippen LogP contribution in [0.5, 0.6) is 11.5 Å². The lowest BCUT2D eigenvalue weighted by Crippen LogP contribution is -2.32. The molecular formula is C26H24N2O4. The minimum absolute atomic E-state index is 0.210. The quantitative estimate of drug-likeness (QED) is 0.576. The Kier molecular flexibility index (Phi) is 5.69. The molecule has 1 aliphatic rings. The lowest BCUT2D eigenvalue weighted by Gasteiger charge is -2.16. The molecule has 6 nitrogen and oxygen atoms in total. The number of aryl methyl sites for hydroxylation is 2. The minimum atomic E-state index is -0.430. The predicted molar refractivity (Wildman–Crippen MR) is 125 cm³/mol. The number of ether oxygens (including phenoxy) is 2. The predicted octanol–water partition coefficient (Wildman–Crippen LogP) is 4.72. The monoisotopic (exact) mass is 428 g/mol. The smallest absolute Gasteiger partial charge is 0.282 e. The zero-order chi connectivity index (χ0) is 22.8. The van der Waals surface area contributed by atoms with Crippen molar-refractivity contribution in [2.45, 2.75) is 13.8 Å². The molecule has 2 amide bonds. The van der Waals surface area contributed by atoms with Gasteiger partial charge in [-0.3, -0.25) is 9.59 Å². The molecule has 3 aromatic rings. The van der Waals surface area contributed by atoms with E-state index in [0.717, 1.165) is 16.8 Å². The topological polar surface area (TPSA) is 67.9 Å². The summed E-state index contributed by atoms with van der Waals surface area (Å²) in [6.45, 7) is 3.97. The maximum Gasteiger partial charge on any atom is 0.282 e. The Balaban J connectivity index is 1.85. The second-order valence-electron chi connectivity index (χ2n) is 7.54. The van der Waals surface area contributed by atoms with E-state index >= 15 is 0 Å². The maximum atomic E-state index is 13.6. The van der Waals surface area contributed by atoms with Crippen LogP contribution in [0.1, 0.15) is 16.7 Å². The molecule has 0 spiro atoms. The average Bonchev–Trinajstić information content (AvgIpc) is 3.04. The number of hydrogen-bond acceptors (Lipinski definition) is 5. The van der Waals surface area contributed by atoms with E-state index in [1.165, 1.54) is 4.90 Å². The standard InChI is InChI=1S/C26H24N2O4/c1-16-9-14-21(17(2)15-16)27-24-23(20-7-5-6-8-22(20)32-4)25(29)28(26(24)30)18-10-12-19(31-3)13-11-18/h5-15,27H,1-4H3. The highest BCUT2D eigenvalue weighted by Crippen LogP contribution is 2.38. The third-order valence-electron chi connectivity index (χ3n) is 5.43. The van der Waals surface area contributed by atoms with Gasteiger partial charge in [-0.15, -0.1) is 0 Å². The Hall–Kier alpha value is -4.06. The first-order valence-corrected chi connectivity index (χ1v) is 10.2. The van der Waals surface area contributed by atoms with E-state index in [-0.39, 0.29) is 11.3 Å². The number of imide groups is 1. The summed E-state index contributed by atoms with van der Waals surface area (Å²) < 4.78 is 10.7. The second kappa shape index (κ2) is 8.59. The zero-order valence-electron chi connectivity index (χ0n) is 18.4. The molecule has 0 bridgehead atoms. The van der Waals surface area contributed by atoms with Crippen molar-refractivity contribution >= 4 is 28.8 Å². The first-order valence-electron chi connectivity index (χ1n) is 10.2. The number of hydrogen-bond donors (Lipinski definition) is 1. The highest BCUT2D eigenvalue weighted by Gasteiger charge is 2.41. The van der Waals surface area contributed by atoms with Gasteiger partial charge in [0.15, 0.2) is 0 Å². The molecule has 0 fully saturated rings. The van der Waals surface area contributed by atoms with E-state index < -0.39 is 11.8 Å². The van der Waals surface area contributed by atoms with Crippen molar-refractivity contribution in [3.63, 3.8) is 0 Å². The molecule has 162 valence electrons. The molecule has 3 aromatic carbocycles. The molecule has 1 heterocycles. The van der Waals surface area contributed by atoms with Crippen LogP contribution in [0.2, 0.25) is 0 Å². The summed E-state index contributed by atoms with van der Waals surface area (Å²) in [6.07, 6.45) is 0. The van der Waals surface area contributed by atoms with Crippen LogP contribution < -0.4 is 19.7 Å². The Morgan fingerprint density at radius 3 is 2.19 bits per heavy atom. The van der Waals surface area contributed by atoms with E-state index in [1.54, 1.807) is 50.6 Å². The number of para-hydroxylation sites is 1. The van der Waals surface area contributed by atoms with Crippen LogP contribution in [0.15, 0.2) is 72.4 Å². The fraction of sp³-hybridized carbons (Fsp3) is 0.154. The Morgan fingerprint density at radius 2 is 1.53 bits per heavy atom. The third-order valence-corrected chi connectivity index (χ3v) is 5.43. The van der Waals surface area contributed by atoms with Gasteiger partial charge in [0.25, 0.3) is 11.8 Å². The number of nitrogens with zero attached hydrogens (tertiary/aromatic N) is 1. The molecular weight excluding hydrogens is 404 g/mol. The average molecular weight is 428 g/mol. The van der Waals surface area contributed by atoms with Crippen LogP contribution in [0.25, 0.3) is 5.57 Å². The zero-order valence-corrected chi connectivity index (χ0v) is 18.4. The number of nitrogens with one attached hydrogen (secondary N) is 1. The number of amides is 2. The second-order valence-corrected chi connectivity index (χ2v) is 7.54. The normalized spacial score (nSPS) is 13.6. The van der Waals surface area contributed by atoms with Crippen LogP contribution in [0.4, 0.5) is 11.4 Å². The van der Waals surface area contributed by atoms with Gasteiger partial charge in [-0.2, -0.15) is 0 Å². The summed E-state index contributed by atoms with van der Waals surface area (Å²) in [5.41, 5.74) is 4.34. The van der Waals surface area contributed by atoms with E-state index in [0.29, 0.717) is 22.7 Å². The molecule has 0 aromatic heterocycles. The molecule has 0 saturated heterocycles. The first-order chi connectivity index (χ1) is 15.4. The van der Waals surface area contributed by atoms with Crippen molar-refractivity contribution in [2.24, 2.45) is 0 Å². The molecule has 1 N–H and O–H groups in total. The summed E-state index contributed by atoms with van der Waals surface area (Å²) in [4.78, 5) is 28.3. The summed E-state index contributed by atoms with van der Waals surface area (Å²) in [5, 5.41) is 3.23. The van der Waals surface area contributed by atoms with Gasteiger partial charge in [-0.1, -0.05) is 35.9 Å². The van der Waals surface area contributed by atoms with Crippen molar-refractivity contribution in [3.8, 4) is 11.5 Å². The molecule has 6 heteroatoms. The number of carbonyl (C=O) groups excluding carboxylic acids is 2. The van der Waals surface area contributed by atoms with Crippen LogP contribution in [-0.2, 0) is 9.59 Å². The summed E-state index contributed by atoms with van der Waals surface area (Å²) in [7, 11) is 3.10. The highest BCUT2D eigenvalue weighted by molar-refractivity contribution is 6.46. The highest BCUT2D eigenvalue weighted by atomic mass is 16.5. The van der Waals surface area contributed by atoms with Crippen LogP contribution in [-0.4, -0.2) is 26.0 Å². The van der Waals surface area contributed by atoms with Crippen molar-refractivity contribution in [2.75, 3.05) is 24.4 Å². The van der Waals surface area contributed by atoms with Crippen molar-refractivity contribution in [1.82, 2.24) is 0 Å². The third kappa shape index (κ3) is 3.71. The SMILES string of the molecule is COc1ccc(N2C(=O)C(Nc3ccc(C)cc3C)=C(c3ccccc3OC)C2=O)cc1. The largest absolute Gasteiger partial charge is 0.497 e. The molecule has 1 aliphatic heterocycles. The molecule has 0 radical (unpaired) electrons. The van der Waals surface area contributed by atoms with Crippen molar-refractivity contribution in [1.29, 1.82) is 0 Å². The van der Waals surface area contributed by atoms with E-state index in [2.05, 4.69) is 5.32 Å². The van der Waals surface area contributed by atoms with Gasteiger partial charge in [0.1, 0.15) is 17.2 Å². The number of benzene rings is 3. The van der Waals surface area contributed by atoms with Gasteiger partial charge in [0, 0.05) is 11.3 Å². The molecule has 0 unspecified atom stereocenters. The van der Waals surface area contributed by atoms with Crippen molar-refractivity contribution in [3.05, 3.63) is 89.1 Å². The van der Waals surface area contributed by atoms with Gasteiger partial charge in [-0.25, -0.2) is 4.90 Å². The van der Waals surface area contributed by atoms with Crippen LogP contribution in [0, 0.1) is 13.8 Å². The van der Waals surface area contributed by atoms with Crippen LogP contribution >= 0.6 is 0 Å². The molecule has 4 rings (SSSR count). The fourth-order valence-corrected chi connectivity index (χ4v) is 3.80. The first kappa shape index (κ1) is 21.2. The van der Waals surface area contributed by atoms with E-state index in [4.69, 9.17) is 9.47 Å². The van der Waals surface area contributed by atoms with E-state index in [9.17, 15) is 9.59 Å². The van der Waals surface area contributed by atoms with Crippen LogP contribution in [0.3, 0.4) is 0 Å². The molecule has 0 atom stereocenters. The maximum absolute atomic E-state index is 13.6. The Bertz CT molecular complexity index is 1230. The van der Waals surface area contributed by atoms with Gasteiger partial charge in [-0.05, 0) is 55.8 Å². The summed E-state index contributed by atoms with van der Waals surface area (Å²) in [5.74, 6) is 0.303. The fourth-order valence-electron chi connectivity index (χ4n) is 3.80. The lowest BCUT2D eigenvalue weighted by atomic mass is 10.0. The molecule has 32 heavy (non-hydrogen) atoms. The lowest BCUT2D eigenvalue weighted by molar-refractivity contribution is -0.120.